The second kappa shape index (κ2) is 7.40. The smallest absolute Gasteiger partial charge is 0.247 e. The fourth-order valence-electron chi connectivity index (χ4n) is 2.31. The third-order valence-corrected chi connectivity index (χ3v) is 3.42. The van der Waals surface area contributed by atoms with Crippen molar-refractivity contribution in [3.05, 3.63) is 60.9 Å². The Morgan fingerprint density at radius 2 is 2.04 bits per heavy atom. The van der Waals surface area contributed by atoms with Crippen molar-refractivity contribution in [2.24, 2.45) is 0 Å². The van der Waals surface area contributed by atoms with Crippen LogP contribution in [0, 0.1) is 6.92 Å². The molecule has 0 unspecified atom stereocenters. The first-order chi connectivity index (χ1) is 11.2. The van der Waals surface area contributed by atoms with E-state index in [1.807, 2.05) is 51.2 Å². The van der Waals surface area contributed by atoms with Gasteiger partial charge in [0, 0.05) is 34.6 Å². The topological polar surface area (TPSA) is 57.8 Å². The Bertz CT molecular complexity index is 834. The Morgan fingerprint density at radius 3 is 2.78 bits per heavy atom. The normalized spacial score (nSPS) is 9.87. The van der Waals surface area contributed by atoms with Gasteiger partial charge in [0.2, 0.25) is 5.91 Å². The minimum Gasteiger partial charge on any atom is -0.346 e. The first kappa shape index (κ1) is 16.5. The van der Waals surface area contributed by atoms with Crippen molar-refractivity contribution in [1.29, 1.82) is 0 Å². The molecule has 0 bridgehead atoms. The number of fused-ring (bicyclic) bond motifs is 1. The maximum atomic E-state index is 11.5. The zero-order chi connectivity index (χ0) is 16.8. The van der Waals surface area contributed by atoms with E-state index in [4.69, 9.17) is 0 Å². The predicted octanol–water partition coefficient (Wildman–Crippen LogP) is 4.69. The molecule has 0 spiro atoms. The molecule has 2 N–H and O–H groups in total. The SMILES string of the molecule is C=CC(=O)Nc1ccccc1-c1cnc2[nH]cc(C)c2c1.CC. The largest absolute Gasteiger partial charge is 0.346 e. The summed E-state index contributed by atoms with van der Waals surface area (Å²) in [4.78, 5) is 19.1. The molecule has 0 radical (unpaired) electrons. The van der Waals surface area contributed by atoms with E-state index >= 15 is 0 Å². The predicted molar refractivity (Wildman–Crippen MR) is 96.4 cm³/mol. The summed E-state index contributed by atoms with van der Waals surface area (Å²) in [5.41, 5.74) is 4.65. The maximum absolute atomic E-state index is 11.5. The zero-order valence-electron chi connectivity index (χ0n) is 13.7. The number of rotatable bonds is 3. The summed E-state index contributed by atoms with van der Waals surface area (Å²) < 4.78 is 0. The molecule has 1 amide bonds. The van der Waals surface area contributed by atoms with Gasteiger partial charge in [-0.2, -0.15) is 0 Å². The van der Waals surface area contributed by atoms with Gasteiger partial charge in [-0.15, -0.1) is 0 Å². The van der Waals surface area contributed by atoms with Crippen LogP contribution < -0.4 is 5.32 Å². The lowest BCUT2D eigenvalue weighted by atomic mass is 10.0. The molecule has 0 fully saturated rings. The quantitative estimate of drug-likeness (QED) is 0.690. The van der Waals surface area contributed by atoms with E-state index in [1.54, 1.807) is 6.20 Å². The van der Waals surface area contributed by atoms with Gasteiger partial charge >= 0.3 is 0 Å². The van der Waals surface area contributed by atoms with Crippen molar-refractivity contribution in [1.82, 2.24) is 9.97 Å². The van der Waals surface area contributed by atoms with Crippen molar-refractivity contribution in [2.45, 2.75) is 20.8 Å². The molecule has 0 saturated heterocycles. The van der Waals surface area contributed by atoms with E-state index in [0.717, 1.165) is 33.4 Å². The number of nitrogens with one attached hydrogen (secondary N) is 2. The Hall–Kier alpha value is -2.88. The Labute approximate surface area is 136 Å². The number of carbonyl (C=O) groups excluding carboxylic acids is 1. The average Bonchev–Trinajstić information content (AvgIpc) is 2.97. The summed E-state index contributed by atoms with van der Waals surface area (Å²) in [6, 6.07) is 9.73. The molecule has 2 aromatic heterocycles. The van der Waals surface area contributed by atoms with Crippen LogP contribution in [0.25, 0.3) is 22.2 Å². The van der Waals surface area contributed by atoms with Crippen LogP contribution in [-0.2, 0) is 4.79 Å². The second-order valence-electron chi connectivity index (χ2n) is 4.83. The van der Waals surface area contributed by atoms with Crippen LogP contribution in [0.5, 0.6) is 0 Å². The molecule has 3 rings (SSSR count). The number of hydrogen-bond acceptors (Lipinski definition) is 2. The van der Waals surface area contributed by atoms with Gasteiger partial charge in [0.15, 0.2) is 0 Å². The highest BCUT2D eigenvalue weighted by Crippen LogP contribution is 2.30. The number of aryl methyl sites for hydroxylation is 1. The van der Waals surface area contributed by atoms with Crippen molar-refractivity contribution in [2.75, 3.05) is 5.32 Å². The first-order valence-electron chi connectivity index (χ1n) is 7.65. The van der Waals surface area contributed by atoms with Crippen molar-refractivity contribution < 1.29 is 4.79 Å². The number of anilines is 1. The van der Waals surface area contributed by atoms with Crippen LogP contribution in [-0.4, -0.2) is 15.9 Å². The molecular weight excluding hydrogens is 286 g/mol. The number of aromatic amines is 1. The fraction of sp³-hybridized carbons (Fsp3) is 0.158. The van der Waals surface area contributed by atoms with E-state index in [0.29, 0.717) is 0 Å². The highest BCUT2D eigenvalue weighted by atomic mass is 16.1. The van der Waals surface area contributed by atoms with Gasteiger partial charge in [-0.3, -0.25) is 4.79 Å². The molecule has 0 aliphatic rings. The summed E-state index contributed by atoms with van der Waals surface area (Å²) in [7, 11) is 0. The number of pyridine rings is 1. The number of para-hydroxylation sites is 1. The molecule has 0 saturated carbocycles. The summed E-state index contributed by atoms with van der Waals surface area (Å²) in [5.74, 6) is -0.227. The lowest BCUT2D eigenvalue weighted by molar-refractivity contribution is -0.111. The van der Waals surface area contributed by atoms with Gasteiger partial charge in [-0.05, 0) is 30.7 Å². The van der Waals surface area contributed by atoms with E-state index in [2.05, 4.69) is 27.9 Å². The van der Waals surface area contributed by atoms with Crippen LogP contribution in [0.2, 0.25) is 0 Å². The summed E-state index contributed by atoms with van der Waals surface area (Å²) in [6.07, 6.45) is 5.00. The molecule has 0 atom stereocenters. The van der Waals surface area contributed by atoms with Crippen LogP contribution in [0.3, 0.4) is 0 Å². The number of hydrogen-bond donors (Lipinski definition) is 2. The number of aromatic nitrogens is 2. The Kier molecular flexibility index (Phi) is 5.31. The minimum atomic E-state index is -0.227. The molecule has 0 aliphatic carbocycles. The van der Waals surface area contributed by atoms with Gasteiger partial charge in [0.05, 0.1) is 0 Å². The van der Waals surface area contributed by atoms with Crippen LogP contribution in [0.4, 0.5) is 5.69 Å². The van der Waals surface area contributed by atoms with Gasteiger partial charge in [0.25, 0.3) is 0 Å². The molecule has 118 valence electrons. The fourth-order valence-corrected chi connectivity index (χ4v) is 2.31. The zero-order valence-corrected chi connectivity index (χ0v) is 13.7. The summed E-state index contributed by atoms with van der Waals surface area (Å²) >= 11 is 0. The minimum absolute atomic E-state index is 0.227. The molecule has 2 heterocycles. The molecule has 3 aromatic rings. The molecular formula is C19H21N3O. The number of nitrogens with zero attached hydrogens (tertiary/aromatic N) is 1. The first-order valence-corrected chi connectivity index (χ1v) is 7.65. The van der Waals surface area contributed by atoms with Gasteiger partial charge in [-0.1, -0.05) is 38.6 Å². The Balaban J connectivity index is 0.000000924. The van der Waals surface area contributed by atoms with E-state index in [1.165, 1.54) is 6.08 Å². The maximum Gasteiger partial charge on any atom is 0.247 e. The van der Waals surface area contributed by atoms with Crippen molar-refractivity contribution >= 4 is 22.6 Å². The molecule has 4 nitrogen and oxygen atoms in total. The van der Waals surface area contributed by atoms with Gasteiger partial charge in [0.1, 0.15) is 5.65 Å². The highest BCUT2D eigenvalue weighted by molar-refractivity contribution is 6.02. The van der Waals surface area contributed by atoms with Crippen molar-refractivity contribution in [3.8, 4) is 11.1 Å². The van der Waals surface area contributed by atoms with E-state index in [-0.39, 0.29) is 5.91 Å². The third-order valence-electron chi connectivity index (χ3n) is 3.42. The molecule has 4 heteroatoms. The van der Waals surface area contributed by atoms with Crippen LogP contribution in [0.15, 0.2) is 55.4 Å². The molecule has 1 aromatic carbocycles. The van der Waals surface area contributed by atoms with Gasteiger partial charge < -0.3 is 10.3 Å². The lowest BCUT2D eigenvalue weighted by Gasteiger charge is -2.10. The van der Waals surface area contributed by atoms with Crippen LogP contribution >= 0.6 is 0 Å². The van der Waals surface area contributed by atoms with Gasteiger partial charge in [-0.25, -0.2) is 4.98 Å². The van der Waals surface area contributed by atoms with Crippen molar-refractivity contribution in [3.63, 3.8) is 0 Å². The lowest BCUT2D eigenvalue weighted by Crippen LogP contribution is -2.08. The number of carbonyl (C=O) groups is 1. The highest BCUT2D eigenvalue weighted by Gasteiger charge is 2.09. The van der Waals surface area contributed by atoms with E-state index in [9.17, 15) is 4.79 Å². The third kappa shape index (κ3) is 3.48. The van der Waals surface area contributed by atoms with E-state index < -0.39 is 0 Å². The summed E-state index contributed by atoms with van der Waals surface area (Å²) in [5, 5.41) is 3.90. The number of benzene rings is 1. The second-order valence-corrected chi connectivity index (χ2v) is 4.83. The standard InChI is InChI=1S/C17H15N3O.C2H6/c1-3-16(21)20-15-7-5-4-6-13(15)12-8-14-11(2)9-18-17(14)19-10-12;1-2/h3-10H,1H2,2H3,(H,18,19)(H,20,21);1-2H3. The Morgan fingerprint density at radius 1 is 1.30 bits per heavy atom. The number of amides is 1. The molecule has 0 aliphatic heterocycles. The average molecular weight is 307 g/mol. The van der Waals surface area contributed by atoms with Crippen LogP contribution in [0.1, 0.15) is 19.4 Å². The molecule has 23 heavy (non-hydrogen) atoms. The summed E-state index contributed by atoms with van der Waals surface area (Å²) in [6.45, 7) is 9.51. The monoisotopic (exact) mass is 307 g/mol. The number of H-pyrrole nitrogens is 1.